The fourth-order valence-electron chi connectivity index (χ4n) is 0.577. The second-order valence-electron chi connectivity index (χ2n) is 2.17. The summed E-state index contributed by atoms with van der Waals surface area (Å²) >= 11 is 0. The van der Waals surface area contributed by atoms with Crippen molar-refractivity contribution in [1.82, 2.24) is 10.2 Å². The SMILES string of the molecule is CC.CNCC(=O)N(C)CC(=O)O. The maximum atomic E-state index is 10.9. The summed E-state index contributed by atoms with van der Waals surface area (Å²) in [5.41, 5.74) is 0. The van der Waals surface area contributed by atoms with Crippen LogP contribution < -0.4 is 5.32 Å². The summed E-state index contributed by atoms with van der Waals surface area (Å²) in [6, 6.07) is 0. The number of carboxylic acid groups (broad SMARTS) is 1. The van der Waals surface area contributed by atoms with Gasteiger partial charge in [-0.3, -0.25) is 9.59 Å². The number of carbonyl (C=O) groups is 2. The number of hydrogen-bond donors (Lipinski definition) is 2. The molecule has 5 heteroatoms. The molecule has 0 aromatic heterocycles. The third kappa shape index (κ3) is 8.81. The van der Waals surface area contributed by atoms with Crippen molar-refractivity contribution >= 4 is 11.9 Å². The Labute approximate surface area is 78.7 Å². The van der Waals surface area contributed by atoms with E-state index in [1.54, 1.807) is 7.05 Å². The zero-order valence-electron chi connectivity index (χ0n) is 8.63. The molecule has 0 unspecified atom stereocenters. The smallest absolute Gasteiger partial charge is 0.323 e. The number of nitrogens with zero attached hydrogens (tertiary/aromatic N) is 1. The van der Waals surface area contributed by atoms with Gasteiger partial charge >= 0.3 is 5.97 Å². The summed E-state index contributed by atoms with van der Waals surface area (Å²) in [6.07, 6.45) is 0. The van der Waals surface area contributed by atoms with Gasteiger partial charge in [-0.05, 0) is 7.05 Å². The quantitative estimate of drug-likeness (QED) is 0.642. The topological polar surface area (TPSA) is 69.6 Å². The van der Waals surface area contributed by atoms with Gasteiger partial charge in [-0.25, -0.2) is 0 Å². The van der Waals surface area contributed by atoms with Crippen molar-refractivity contribution in [3.8, 4) is 0 Å². The van der Waals surface area contributed by atoms with Gasteiger partial charge in [-0.2, -0.15) is 0 Å². The molecule has 78 valence electrons. The summed E-state index contributed by atoms with van der Waals surface area (Å²) < 4.78 is 0. The van der Waals surface area contributed by atoms with Gasteiger partial charge in [0.25, 0.3) is 0 Å². The van der Waals surface area contributed by atoms with Crippen molar-refractivity contribution < 1.29 is 14.7 Å². The number of amides is 1. The van der Waals surface area contributed by atoms with Crippen molar-refractivity contribution in [3.05, 3.63) is 0 Å². The molecule has 0 aliphatic rings. The third-order valence-corrected chi connectivity index (χ3v) is 1.13. The Balaban J connectivity index is 0. The van der Waals surface area contributed by atoms with E-state index in [2.05, 4.69) is 5.32 Å². The third-order valence-electron chi connectivity index (χ3n) is 1.13. The van der Waals surface area contributed by atoms with Gasteiger partial charge in [0, 0.05) is 7.05 Å². The first kappa shape index (κ1) is 14.4. The molecule has 0 heterocycles. The molecule has 0 radical (unpaired) electrons. The Morgan fingerprint density at radius 2 is 1.85 bits per heavy atom. The van der Waals surface area contributed by atoms with E-state index < -0.39 is 5.97 Å². The predicted octanol–water partition coefficient (Wildman–Crippen LogP) is -0.225. The molecule has 5 nitrogen and oxygen atoms in total. The lowest BCUT2D eigenvalue weighted by molar-refractivity contribution is -0.143. The minimum atomic E-state index is -1.00. The maximum Gasteiger partial charge on any atom is 0.323 e. The zero-order chi connectivity index (χ0) is 10.9. The lowest BCUT2D eigenvalue weighted by atomic mass is 10.5. The highest BCUT2D eigenvalue weighted by molar-refractivity contribution is 5.82. The lowest BCUT2D eigenvalue weighted by Gasteiger charge is -2.13. The number of carbonyl (C=O) groups excluding carboxylic acids is 1. The summed E-state index contributed by atoms with van der Waals surface area (Å²) in [4.78, 5) is 22.1. The largest absolute Gasteiger partial charge is 0.480 e. The van der Waals surface area contributed by atoms with Crippen LogP contribution in [0.1, 0.15) is 13.8 Å². The number of nitrogens with one attached hydrogen (secondary N) is 1. The first-order chi connectivity index (χ1) is 6.07. The van der Waals surface area contributed by atoms with Crippen molar-refractivity contribution in [2.45, 2.75) is 13.8 Å². The highest BCUT2D eigenvalue weighted by Crippen LogP contribution is 1.82. The molecule has 0 atom stereocenters. The van der Waals surface area contributed by atoms with E-state index >= 15 is 0 Å². The minimum Gasteiger partial charge on any atom is -0.480 e. The van der Waals surface area contributed by atoms with E-state index in [1.165, 1.54) is 7.05 Å². The second-order valence-corrected chi connectivity index (χ2v) is 2.17. The first-order valence-corrected chi connectivity index (χ1v) is 4.18. The Morgan fingerprint density at radius 1 is 1.38 bits per heavy atom. The highest BCUT2D eigenvalue weighted by Gasteiger charge is 2.09. The molecular formula is C8H18N2O3. The molecule has 0 saturated carbocycles. The molecule has 2 N–H and O–H groups in total. The monoisotopic (exact) mass is 190 g/mol. The van der Waals surface area contributed by atoms with Crippen molar-refractivity contribution in [2.75, 3.05) is 27.2 Å². The summed E-state index contributed by atoms with van der Waals surface area (Å²) in [6.45, 7) is 3.92. The van der Waals surface area contributed by atoms with Crippen molar-refractivity contribution in [1.29, 1.82) is 0 Å². The Morgan fingerprint density at radius 3 is 2.15 bits per heavy atom. The number of rotatable bonds is 4. The van der Waals surface area contributed by atoms with Crippen LogP contribution in [0, 0.1) is 0 Å². The van der Waals surface area contributed by atoms with E-state index in [1.807, 2.05) is 13.8 Å². The normalized spacial score (nSPS) is 8.31. The molecule has 0 fully saturated rings. The summed E-state index contributed by atoms with van der Waals surface area (Å²) in [5.74, 6) is -1.23. The molecule has 0 spiro atoms. The summed E-state index contributed by atoms with van der Waals surface area (Å²) in [7, 11) is 3.08. The molecule has 13 heavy (non-hydrogen) atoms. The highest BCUT2D eigenvalue weighted by atomic mass is 16.4. The van der Waals surface area contributed by atoms with Gasteiger partial charge in [-0.15, -0.1) is 0 Å². The van der Waals surface area contributed by atoms with Crippen LogP contribution >= 0.6 is 0 Å². The Bertz CT molecular complexity index is 159. The van der Waals surface area contributed by atoms with Gasteiger partial charge in [-0.1, -0.05) is 13.8 Å². The van der Waals surface area contributed by atoms with Crippen LogP contribution in [-0.4, -0.2) is 49.1 Å². The second kappa shape index (κ2) is 8.99. The number of likely N-dealkylation sites (N-methyl/N-ethyl adjacent to an activating group) is 2. The lowest BCUT2D eigenvalue weighted by Crippen LogP contribution is -2.37. The average molecular weight is 190 g/mol. The van der Waals surface area contributed by atoms with Crippen LogP contribution in [0.2, 0.25) is 0 Å². The van der Waals surface area contributed by atoms with Crippen LogP contribution in [0.5, 0.6) is 0 Å². The van der Waals surface area contributed by atoms with Crippen molar-refractivity contribution in [2.24, 2.45) is 0 Å². The Kier molecular flexibility index (Phi) is 9.98. The summed E-state index contributed by atoms with van der Waals surface area (Å²) in [5, 5.41) is 10.9. The van der Waals surface area contributed by atoms with Gasteiger partial charge in [0.1, 0.15) is 6.54 Å². The molecule has 0 rings (SSSR count). The minimum absolute atomic E-state index is 0.170. The molecule has 1 amide bonds. The van der Waals surface area contributed by atoms with Crippen molar-refractivity contribution in [3.63, 3.8) is 0 Å². The fourth-order valence-corrected chi connectivity index (χ4v) is 0.577. The molecule has 0 aliphatic carbocycles. The molecular weight excluding hydrogens is 172 g/mol. The number of aliphatic carboxylic acids is 1. The Hall–Kier alpha value is -1.10. The van der Waals surface area contributed by atoms with Gasteiger partial charge in [0.15, 0.2) is 0 Å². The standard InChI is InChI=1S/C6H12N2O3.C2H6/c1-7-3-5(9)8(2)4-6(10)11;1-2/h7H,3-4H2,1-2H3,(H,10,11);1-2H3. The number of hydrogen-bond acceptors (Lipinski definition) is 3. The molecule has 0 bridgehead atoms. The van der Waals surface area contributed by atoms with Gasteiger partial charge < -0.3 is 15.3 Å². The number of carboxylic acids is 1. The van der Waals surface area contributed by atoms with Crippen LogP contribution in [0.15, 0.2) is 0 Å². The predicted molar refractivity (Wildman–Crippen MR) is 50.5 cm³/mol. The van der Waals surface area contributed by atoms with E-state index in [9.17, 15) is 9.59 Å². The van der Waals surface area contributed by atoms with Crippen LogP contribution in [0.25, 0.3) is 0 Å². The van der Waals surface area contributed by atoms with Crippen LogP contribution in [0.3, 0.4) is 0 Å². The van der Waals surface area contributed by atoms with Gasteiger partial charge in [0.05, 0.1) is 6.54 Å². The maximum absolute atomic E-state index is 10.9. The molecule has 0 saturated heterocycles. The van der Waals surface area contributed by atoms with E-state index in [4.69, 9.17) is 5.11 Å². The van der Waals surface area contributed by atoms with Crippen LogP contribution in [-0.2, 0) is 9.59 Å². The molecule has 0 aromatic carbocycles. The fraction of sp³-hybridized carbons (Fsp3) is 0.750. The first-order valence-electron chi connectivity index (χ1n) is 4.18. The zero-order valence-corrected chi connectivity index (χ0v) is 8.63. The van der Waals surface area contributed by atoms with E-state index in [0.717, 1.165) is 4.90 Å². The van der Waals surface area contributed by atoms with E-state index in [0.29, 0.717) is 0 Å². The molecule has 0 aromatic rings. The van der Waals surface area contributed by atoms with E-state index in [-0.39, 0.29) is 19.0 Å². The average Bonchev–Trinajstić information content (AvgIpc) is 2.07. The molecule has 0 aliphatic heterocycles. The van der Waals surface area contributed by atoms with Crippen LogP contribution in [0.4, 0.5) is 0 Å². The van der Waals surface area contributed by atoms with Gasteiger partial charge in [0.2, 0.25) is 5.91 Å².